The molecule has 124 valence electrons. The van der Waals surface area contributed by atoms with Crippen LogP contribution < -0.4 is 15.5 Å². The number of nitrogen functional groups attached to an aromatic ring is 1. The van der Waals surface area contributed by atoms with Gasteiger partial charge in [-0.1, -0.05) is 24.3 Å². The molecular weight excluding hydrogens is 306 g/mol. The number of hydrogen-bond acceptors (Lipinski definition) is 4. The lowest BCUT2D eigenvalue weighted by Gasteiger charge is -2.24. The molecule has 0 bridgehead atoms. The van der Waals surface area contributed by atoms with Crippen molar-refractivity contribution in [2.45, 2.75) is 13.8 Å². The van der Waals surface area contributed by atoms with Crippen LogP contribution in [-0.2, 0) is 14.4 Å². The van der Waals surface area contributed by atoms with Crippen LogP contribution in [0.25, 0.3) is 0 Å². The van der Waals surface area contributed by atoms with Crippen LogP contribution in [-0.4, -0.2) is 24.3 Å². The van der Waals surface area contributed by atoms with E-state index in [2.05, 4.69) is 0 Å². The van der Waals surface area contributed by atoms with Crippen molar-refractivity contribution in [2.24, 2.45) is 0 Å². The lowest BCUT2D eigenvalue weighted by Crippen LogP contribution is -2.47. The second-order valence-electron chi connectivity index (χ2n) is 5.14. The predicted octanol–water partition coefficient (Wildman–Crippen LogP) is 2.20. The quantitative estimate of drug-likeness (QED) is 0.692. The Kier molecular flexibility index (Phi) is 5.31. The van der Waals surface area contributed by atoms with Crippen LogP contribution in [0, 0.1) is 0 Å². The summed E-state index contributed by atoms with van der Waals surface area (Å²) in [6.45, 7) is 3.29. The lowest BCUT2D eigenvalue weighted by atomic mass is 10.2. The first-order chi connectivity index (χ1) is 11.5. The molecule has 0 heterocycles. The van der Waals surface area contributed by atoms with Gasteiger partial charge in [-0.25, -0.2) is 4.90 Å². The first-order valence-electron chi connectivity index (χ1n) is 7.52. The van der Waals surface area contributed by atoms with Crippen molar-refractivity contribution in [3.05, 3.63) is 54.6 Å². The normalized spacial score (nSPS) is 10.1. The Morgan fingerprint density at radius 1 is 0.917 bits per heavy atom. The predicted molar refractivity (Wildman–Crippen MR) is 93.5 cm³/mol. The zero-order valence-electron chi connectivity index (χ0n) is 13.6. The first kappa shape index (κ1) is 17.2. The Balaban J connectivity index is 2.35. The van der Waals surface area contributed by atoms with E-state index >= 15 is 0 Å². The minimum Gasteiger partial charge on any atom is -0.399 e. The summed E-state index contributed by atoms with van der Waals surface area (Å²) >= 11 is 0. The molecule has 2 aromatic rings. The Bertz CT molecular complexity index is 759. The summed E-state index contributed by atoms with van der Waals surface area (Å²) in [4.78, 5) is 39.4. The molecule has 3 amide bonds. The molecule has 0 atom stereocenters. The molecule has 6 nitrogen and oxygen atoms in total. The molecule has 0 aromatic heterocycles. The summed E-state index contributed by atoms with van der Waals surface area (Å²) in [7, 11) is 0. The Morgan fingerprint density at radius 2 is 1.54 bits per heavy atom. The minimum absolute atomic E-state index is 0.268. The SMILES string of the molecule is CCN(C(=O)C(=O)N(C(C)=O)c1cccc(N)c1)c1ccccc1. The molecule has 0 radical (unpaired) electrons. The molecule has 2 N–H and O–H groups in total. The fourth-order valence-electron chi connectivity index (χ4n) is 2.37. The Labute approximate surface area is 140 Å². The van der Waals surface area contributed by atoms with Gasteiger partial charge in [-0.2, -0.15) is 0 Å². The van der Waals surface area contributed by atoms with Gasteiger partial charge < -0.3 is 10.6 Å². The van der Waals surface area contributed by atoms with Crippen LogP contribution in [0.1, 0.15) is 13.8 Å². The number of nitrogens with zero attached hydrogens (tertiary/aromatic N) is 2. The largest absolute Gasteiger partial charge is 0.399 e. The maximum Gasteiger partial charge on any atom is 0.323 e. The summed E-state index contributed by atoms with van der Waals surface area (Å²) in [5, 5.41) is 0. The number of benzene rings is 2. The topological polar surface area (TPSA) is 83.7 Å². The molecule has 0 aliphatic carbocycles. The van der Waals surface area contributed by atoms with Crippen LogP contribution in [0.15, 0.2) is 54.6 Å². The van der Waals surface area contributed by atoms with Crippen molar-refractivity contribution < 1.29 is 14.4 Å². The molecule has 24 heavy (non-hydrogen) atoms. The third-order valence-electron chi connectivity index (χ3n) is 3.46. The van der Waals surface area contributed by atoms with E-state index < -0.39 is 17.7 Å². The fourth-order valence-corrected chi connectivity index (χ4v) is 2.37. The maximum atomic E-state index is 12.6. The van der Waals surface area contributed by atoms with Crippen LogP contribution >= 0.6 is 0 Å². The number of hydrogen-bond donors (Lipinski definition) is 1. The van der Waals surface area contributed by atoms with Gasteiger partial charge in [0.1, 0.15) is 0 Å². The van der Waals surface area contributed by atoms with Gasteiger partial charge in [0, 0.05) is 24.8 Å². The number of rotatable bonds is 3. The molecule has 0 aliphatic rings. The van der Waals surface area contributed by atoms with Crippen LogP contribution in [0.5, 0.6) is 0 Å². The summed E-state index contributed by atoms with van der Waals surface area (Å²) in [6, 6.07) is 15.1. The molecule has 6 heteroatoms. The molecule has 0 fully saturated rings. The highest BCUT2D eigenvalue weighted by Crippen LogP contribution is 2.20. The molecule has 0 aliphatic heterocycles. The van der Waals surface area contributed by atoms with E-state index in [0.29, 0.717) is 17.9 Å². The zero-order chi connectivity index (χ0) is 17.7. The third-order valence-corrected chi connectivity index (χ3v) is 3.46. The smallest absolute Gasteiger partial charge is 0.323 e. The van der Waals surface area contributed by atoms with E-state index in [1.165, 1.54) is 17.9 Å². The molecule has 0 unspecified atom stereocenters. The fraction of sp³-hybridized carbons (Fsp3) is 0.167. The van der Waals surface area contributed by atoms with Gasteiger partial charge in [-0.15, -0.1) is 0 Å². The number of nitrogens with two attached hydrogens (primary N) is 1. The van der Waals surface area contributed by atoms with E-state index in [1.807, 2.05) is 6.07 Å². The second-order valence-corrected chi connectivity index (χ2v) is 5.14. The van der Waals surface area contributed by atoms with Crippen LogP contribution in [0.4, 0.5) is 17.1 Å². The maximum absolute atomic E-state index is 12.6. The van der Waals surface area contributed by atoms with E-state index in [9.17, 15) is 14.4 Å². The molecule has 2 aromatic carbocycles. The number of imide groups is 1. The van der Waals surface area contributed by atoms with Gasteiger partial charge >= 0.3 is 11.8 Å². The van der Waals surface area contributed by atoms with Crippen molar-refractivity contribution >= 4 is 34.8 Å². The van der Waals surface area contributed by atoms with E-state index in [1.54, 1.807) is 49.4 Å². The van der Waals surface area contributed by atoms with E-state index in [-0.39, 0.29) is 5.69 Å². The van der Waals surface area contributed by atoms with Crippen molar-refractivity contribution in [1.82, 2.24) is 0 Å². The second kappa shape index (κ2) is 7.41. The highest BCUT2D eigenvalue weighted by Gasteiger charge is 2.30. The van der Waals surface area contributed by atoms with Crippen molar-refractivity contribution in [1.29, 1.82) is 0 Å². The van der Waals surface area contributed by atoms with Crippen LogP contribution in [0.3, 0.4) is 0 Å². The Hall–Kier alpha value is -3.15. The molecule has 0 saturated heterocycles. The first-order valence-corrected chi connectivity index (χ1v) is 7.52. The standard InChI is InChI=1S/C18H19N3O3/c1-3-20(15-9-5-4-6-10-15)17(23)18(24)21(13(2)22)16-11-7-8-14(19)12-16/h4-12H,3,19H2,1-2H3. The number of anilines is 3. The van der Waals surface area contributed by atoms with Gasteiger partial charge in [0.05, 0.1) is 5.69 Å². The van der Waals surface area contributed by atoms with E-state index in [0.717, 1.165) is 4.90 Å². The van der Waals surface area contributed by atoms with Crippen molar-refractivity contribution in [3.8, 4) is 0 Å². The monoisotopic (exact) mass is 325 g/mol. The van der Waals surface area contributed by atoms with Gasteiger partial charge in [0.25, 0.3) is 0 Å². The highest BCUT2D eigenvalue weighted by atomic mass is 16.2. The summed E-state index contributed by atoms with van der Waals surface area (Å²) < 4.78 is 0. The number of likely N-dealkylation sites (N-methyl/N-ethyl adjacent to an activating group) is 1. The average molecular weight is 325 g/mol. The lowest BCUT2D eigenvalue weighted by molar-refractivity contribution is -0.138. The summed E-state index contributed by atoms with van der Waals surface area (Å²) in [6.07, 6.45) is 0. The van der Waals surface area contributed by atoms with Crippen molar-refractivity contribution in [3.63, 3.8) is 0 Å². The van der Waals surface area contributed by atoms with Gasteiger partial charge in [-0.05, 0) is 37.3 Å². The third kappa shape index (κ3) is 3.60. The van der Waals surface area contributed by atoms with Gasteiger partial charge in [0.15, 0.2) is 0 Å². The van der Waals surface area contributed by atoms with Crippen molar-refractivity contribution in [2.75, 3.05) is 22.1 Å². The molecule has 0 spiro atoms. The zero-order valence-corrected chi connectivity index (χ0v) is 13.6. The van der Waals surface area contributed by atoms with Gasteiger partial charge in [-0.3, -0.25) is 14.4 Å². The molecular formula is C18H19N3O3. The number of para-hydroxylation sites is 1. The van der Waals surface area contributed by atoms with Gasteiger partial charge in [0.2, 0.25) is 5.91 Å². The number of carbonyl (C=O) groups is 3. The molecule has 0 saturated carbocycles. The van der Waals surface area contributed by atoms with Crippen LogP contribution in [0.2, 0.25) is 0 Å². The van der Waals surface area contributed by atoms with E-state index in [4.69, 9.17) is 5.73 Å². The summed E-state index contributed by atoms with van der Waals surface area (Å²) in [5.74, 6) is -2.25. The minimum atomic E-state index is -0.918. The average Bonchev–Trinajstić information content (AvgIpc) is 2.56. The number of carbonyl (C=O) groups excluding carboxylic acids is 3. The highest BCUT2D eigenvalue weighted by molar-refractivity contribution is 6.48. The Morgan fingerprint density at radius 3 is 2.08 bits per heavy atom. The number of amides is 3. The molecule has 2 rings (SSSR count). The summed E-state index contributed by atoms with van der Waals surface area (Å²) in [5.41, 5.74) is 6.96.